The Morgan fingerprint density at radius 2 is 2.36 bits per heavy atom. The van der Waals surface area contributed by atoms with Gasteiger partial charge in [-0.15, -0.1) is 0 Å². The summed E-state index contributed by atoms with van der Waals surface area (Å²) < 4.78 is 0. The second kappa shape index (κ2) is 5.73. The van der Waals surface area contributed by atoms with Gasteiger partial charge < -0.3 is 10.4 Å². The first kappa shape index (κ1) is 11.1. The van der Waals surface area contributed by atoms with Gasteiger partial charge in [-0.2, -0.15) is 0 Å². The number of nitrogens with one attached hydrogen (secondary N) is 1. The highest BCUT2D eigenvalue weighted by molar-refractivity contribution is 5.19. The number of nitrogens with zero attached hydrogens (tertiary/aromatic N) is 1. The van der Waals surface area contributed by atoms with Gasteiger partial charge in [-0.3, -0.25) is 4.98 Å². The molecule has 1 unspecified atom stereocenters. The highest BCUT2D eigenvalue weighted by atomic mass is 16.3. The molecule has 3 heteroatoms. The van der Waals surface area contributed by atoms with Crippen LogP contribution in [0.4, 0.5) is 0 Å². The first-order valence-corrected chi connectivity index (χ1v) is 5.05. The van der Waals surface area contributed by atoms with E-state index in [1.807, 2.05) is 6.07 Å². The van der Waals surface area contributed by atoms with Crippen LogP contribution in [0.2, 0.25) is 0 Å². The number of rotatable bonds is 5. The van der Waals surface area contributed by atoms with Crippen molar-refractivity contribution in [1.82, 2.24) is 10.3 Å². The lowest BCUT2D eigenvalue weighted by Gasteiger charge is -2.09. The number of aliphatic hydroxyl groups is 1. The van der Waals surface area contributed by atoms with Crippen molar-refractivity contribution in [3.63, 3.8) is 0 Å². The number of aryl methyl sites for hydroxylation is 1. The first-order valence-electron chi connectivity index (χ1n) is 5.05. The van der Waals surface area contributed by atoms with Crippen LogP contribution in [0.3, 0.4) is 0 Å². The Morgan fingerprint density at radius 3 is 3.00 bits per heavy atom. The molecule has 0 amide bonds. The van der Waals surface area contributed by atoms with Crippen molar-refractivity contribution in [1.29, 1.82) is 0 Å². The maximum absolute atomic E-state index is 9.07. The molecule has 1 aromatic rings. The SMILES string of the molecule is CCc1cccnc1CNCC(C)O. The molecule has 2 N–H and O–H groups in total. The molecular formula is C11H18N2O. The largest absolute Gasteiger partial charge is 0.392 e. The van der Waals surface area contributed by atoms with E-state index in [1.54, 1.807) is 13.1 Å². The molecule has 0 aliphatic heterocycles. The van der Waals surface area contributed by atoms with Gasteiger partial charge in [0.25, 0.3) is 0 Å². The number of aliphatic hydroxyl groups excluding tert-OH is 1. The average Bonchev–Trinajstić information content (AvgIpc) is 2.18. The Morgan fingerprint density at radius 1 is 1.57 bits per heavy atom. The molecule has 0 spiro atoms. The topological polar surface area (TPSA) is 45.2 Å². The van der Waals surface area contributed by atoms with Gasteiger partial charge >= 0.3 is 0 Å². The number of hydrogen-bond donors (Lipinski definition) is 2. The molecule has 1 heterocycles. The predicted molar refractivity (Wildman–Crippen MR) is 57.0 cm³/mol. The van der Waals surface area contributed by atoms with Gasteiger partial charge in [-0.05, 0) is 25.0 Å². The van der Waals surface area contributed by atoms with E-state index in [4.69, 9.17) is 5.11 Å². The lowest BCUT2D eigenvalue weighted by molar-refractivity contribution is 0.191. The Kier molecular flexibility index (Phi) is 4.56. The minimum atomic E-state index is -0.302. The maximum Gasteiger partial charge on any atom is 0.0636 e. The van der Waals surface area contributed by atoms with Crippen LogP contribution in [0.5, 0.6) is 0 Å². The van der Waals surface area contributed by atoms with Gasteiger partial charge in [0.2, 0.25) is 0 Å². The maximum atomic E-state index is 9.07. The van der Waals surface area contributed by atoms with Crippen LogP contribution in [-0.2, 0) is 13.0 Å². The third-order valence-corrected chi connectivity index (χ3v) is 2.10. The summed E-state index contributed by atoms with van der Waals surface area (Å²) in [7, 11) is 0. The quantitative estimate of drug-likeness (QED) is 0.738. The molecule has 0 saturated heterocycles. The summed E-state index contributed by atoms with van der Waals surface area (Å²) in [6.45, 7) is 5.23. The molecule has 14 heavy (non-hydrogen) atoms. The molecule has 0 fully saturated rings. The van der Waals surface area contributed by atoms with E-state index in [-0.39, 0.29) is 6.10 Å². The molecule has 0 aromatic carbocycles. The second-order valence-electron chi connectivity index (χ2n) is 3.44. The second-order valence-corrected chi connectivity index (χ2v) is 3.44. The lowest BCUT2D eigenvalue weighted by Crippen LogP contribution is -2.24. The molecule has 0 aliphatic carbocycles. The van der Waals surface area contributed by atoms with Crippen molar-refractivity contribution in [2.24, 2.45) is 0 Å². The van der Waals surface area contributed by atoms with E-state index < -0.39 is 0 Å². The van der Waals surface area contributed by atoms with Crippen LogP contribution in [0, 0.1) is 0 Å². The van der Waals surface area contributed by atoms with Gasteiger partial charge in [-0.25, -0.2) is 0 Å². The minimum Gasteiger partial charge on any atom is -0.392 e. The van der Waals surface area contributed by atoms with E-state index in [2.05, 4.69) is 23.3 Å². The van der Waals surface area contributed by atoms with E-state index in [9.17, 15) is 0 Å². The van der Waals surface area contributed by atoms with Crippen LogP contribution >= 0.6 is 0 Å². The highest BCUT2D eigenvalue weighted by Crippen LogP contribution is 2.05. The monoisotopic (exact) mass is 194 g/mol. The molecule has 1 rings (SSSR count). The molecule has 0 saturated carbocycles. The van der Waals surface area contributed by atoms with E-state index in [0.717, 1.165) is 18.7 Å². The van der Waals surface area contributed by atoms with E-state index >= 15 is 0 Å². The third-order valence-electron chi connectivity index (χ3n) is 2.10. The van der Waals surface area contributed by atoms with Crippen LogP contribution < -0.4 is 5.32 Å². The predicted octanol–water partition coefficient (Wildman–Crippen LogP) is 1.11. The number of pyridine rings is 1. The number of aromatic nitrogens is 1. The van der Waals surface area contributed by atoms with Crippen molar-refractivity contribution >= 4 is 0 Å². The van der Waals surface area contributed by atoms with Crippen molar-refractivity contribution in [2.45, 2.75) is 32.9 Å². The van der Waals surface area contributed by atoms with E-state index in [1.165, 1.54) is 5.56 Å². The summed E-state index contributed by atoms with van der Waals surface area (Å²) in [5.74, 6) is 0. The Balaban J connectivity index is 2.49. The summed E-state index contributed by atoms with van der Waals surface area (Å²) in [5.41, 5.74) is 2.35. The van der Waals surface area contributed by atoms with Crippen molar-refractivity contribution in [3.8, 4) is 0 Å². The van der Waals surface area contributed by atoms with Crippen LogP contribution in [0.1, 0.15) is 25.1 Å². The van der Waals surface area contributed by atoms with Gasteiger partial charge in [0.15, 0.2) is 0 Å². The van der Waals surface area contributed by atoms with E-state index in [0.29, 0.717) is 6.54 Å². The average molecular weight is 194 g/mol. The van der Waals surface area contributed by atoms with Gasteiger partial charge in [-0.1, -0.05) is 13.0 Å². The fourth-order valence-corrected chi connectivity index (χ4v) is 1.35. The lowest BCUT2D eigenvalue weighted by atomic mass is 10.1. The zero-order chi connectivity index (χ0) is 10.4. The Hall–Kier alpha value is -0.930. The van der Waals surface area contributed by atoms with Crippen molar-refractivity contribution in [2.75, 3.05) is 6.54 Å². The zero-order valence-corrected chi connectivity index (χ0v) is 8.83. The van der Waals surface area contributed by atoms with Crippen LogP contribution in [0.25, 0.3) is 0 Å². The normalized spacial score (nSPS) is 12.8. The van der Waals surface area contributed by atoms with Crippen LogP contribution in [-0.4, -0.2) is 22.7 Å². The molecule has 0 aliphatic rings. The molecule has 1 atom stereocenters. The summed E-state index contributed by atoms with van der Waals surface area (Å²) in [6, 6.07) is 4.05. The van der Waals surface area contributed by atoms with Crippen molar-refractivity contribution < 1.29 is 5.11 Å². The molecule has 1 aromatic heterocycles. The fraction of sp³-hybridized carbons (Fsp3) is 0.545. The Bertz CT molecular complexity index is 274. The third kappa shape index (κ3) is 3.44. The molecule has 3 nitrogen and oxygen atoms in total. The first-order chi connectivity index (χ1) is 6.74. The summed E-state index contributed by atoms with van der Waals surface area (Å²) in [6.07, 6.45) is 2.50. The summed E-state index contributed by atoms with van der Waals surface area (Å²) >= 11 is 0. The van der Waals surface area contributed by atoms with Crippen molar-refractivity contribution in [3.05, 3.63) is 29.6 Å². The molecule has 0 radical (unpaired) electrons. The number of hydrogen-bond acceptors (Lipinski definition) is 3. The smallest absolute Gasteiger partial charge is 0.0636 e. The molecule has 78 valence electrons. The Labute approximate surface area is 85.2 Å². The van der Waals surface area contributed by atoms with Gasteiger partial charge in [0.05, 0.1) is 11.8 Å². The van der Waals surface area contributed by atoms with Gasteiger partial charge in [0, 0.05) is 19.3 Å². The summed E-state index contributed by atoms with van der Waals surface area (Å²) in [5, 5.41) is 12.2. The standard InChI is InChI=1S/C11H18N2O/c1-3-10-5-4-6-13-11(10)8-12-7-9(2)14/h4-6,9,12,14H,3,7-8H2,1-2H3. The zero-order valence-electron chi connectivity index (χ0n) is 8.83. The van der Waals surface area contributed by atoms with Gasteiger partial charge in [0.1, 0.15) is 0 Å². The molecular weight excluding hydrogens is 176 g/mol. The fourth-order valence-electron chi connectivity index (χ4n) is 1.35. The van der Waals surface area contributed by atoms with Crippen LogP contribution in [0.15, 0.2) is 18.3 Å². The highest BCUT2D eigenvalue weighted by Gasteiger charge is 2.01. The summed E-state index contributed by atoms with van der Waals surface area (Å²) in [4.78, 5) is 4.30. The molecule has 0 bridgehead atoms. The minimum absolute atomic E-state index is 0.302.